The number of rotatable bonds is 5. The molecule has 106 valence electrons. The Morgan fingerprint density at radius 2 is 2.25 bits per heavy atom. The van der Waals surface area contributed by atoms with E-state index < -0.39 is 11.6 Å². The predicted molar refractivity (Wildman–Crippen MR) is 79.2 cm³/mol. The summed E-state index contributed by atoms with van der Waals surface area (Å²) < 4.78 is 5.54. The molecule has 0 fully saturated rings. The maximum atomic E-state index is 11.0. The van der Waals surface area contributed by atoms with Gasteiger partial charge in [-0.3, -0.25) is 0 Å². The lowest BCUT2D eigenvalue weighted by Gasteiger charge is -2.23. The molecule has 0 bridgehead atoms. The molecule has 1 unspecified atom stereocenters. The first kappa shape index (κ1) is 14.7. The van der Waals surface area contributed by atoms with E-state index in [-0.39, 0.29) is 5.56 Å². The number of methoxy groups -OCH3 is 1. The van der Waals surface area contributed by atoms with Crippen LogP contribution in [0.25, 0.3) is 11.3 Å². The highest BCUT2D eigenvalue weighted by molar-refractivity contribution is 7.10. The van der Waals surface area contributed by atoms with Crippen molar-refractivity contribution in [1.29, 1.82) is 0 Å². The highest BCUT2D eigenvalue weighted by Gasteiger charge is 2.27. The number of nitrogens with zero attached hydrogens (tertiary/aromatic N) is 1. The maximum Gasteiger partial charge on any atom is 0.335 e. The van der Waals surface area contributed by atoms with Crippen LogP contribution >= 0.6 is 11.3 Å². The molecule has 1 aromatic heterocycles. The van der Waals surface area contributed by atoms with Crippen LogP contribution < -0.4 is 0 Å². The molecule has 0 aliphatic rings. The molecule has 0 amide bonds. The summed E-state index contributed by atoms with van der Waals surface area (Å²) in [6.07, 6.45) is 0.825. The fourth-order valence-corrected chi connectivity index (χ4v) is 2.88. The largest absolute Gasteiger partial charge is 0.478 e. The molecule has 1 N–H and O–H groups in total. The van der Waals surface area contributed by atoms with Crippen molar-refractivity contribution in [2.24, 2.45) is 0 Å². The zero-order chi connectivity index (χ0) is 14.8. The van der Waals surface area contributed by atoms with Gasteiger partial charge >= 0.3 is 5.97 Å². The van der Waals surface area contributed by atoms with Gasteiger partial charge in [-0.2, -0.15) is 0 Å². The van der Waals surface area contributed by atoms with Crippen LogP contribution in [0.4, 0.5) is 0 Å². The van der Waals surface area contributed by atoms with E-state index in [4.69, 9.17) is 9.84 Å². The fraction of sp³-hybridized carbons (Fsp3) is 0.333. The van der Waals surface area contributed by atoms with Crippen molar-refractivity contribution in [2.45, 2.75) is 25.9 Å². The van der Waals surface area contributed by atoms with Crippen LogP contribution in [0, 0.1) is 0 Å². The van der Waals surface area contributed by atoms with Crippen molar-refractivity contribution in [3.8, 4) is 11.3 Å². The number of carboxylic acids is 1. The predicted octanol–water partition coefficient (Wildman–Crippen LogP) is 3.78. The Morgan fingerprint density at radius 1 is 1.50 bits per heavy atom. The van der Waals surface area contributed by atoms with Gasteiger partial charge < -0.3 is 9.84 Å². The number of carbonyl (C=O) groups is 1. The minimum absolute atomic E-state index is 0.266. The number of carboxylic acid groups (broad SMARTS) is 1. The van der Waals surface area contributed by atoms with Gasteiger partial charge in [0.1, 0.15) is 10.6 Å². The second-order valence-corrected chi connectivity index (χ2v) is 5.57. The summed E-state index contributed by atoms with van der Waals surface area (Å²) >= 11 is 1.53. The van der Waals surface area contributed by atoms with Gasteiger partial charge in [0.25, 0.3) is 0 Å². The summed E-state index contributed by atoms with van der Waals surface area (Å²) in [6.45, 7) is 4.05. The Balaban J connectivity index is 2.38. The normalized spacial score (nSPS) is 13.9. The molecule has 0 aliphatic heterocycles. The first-order valence-electron chi connectivity index (χ1n) is 6.35. The number of benzene rings is 1. The summed E-state index contributed by atoms with van der Waals surface area (Å²) in [7, 11) is 1.68. The molecule has 4 nitrogen and oxygen atoms in total. The Hall–Kier alpha value is -1.72. The second kappa shape index (κ2) is 5.73. The number of hydrogen-bond acceptors (Lipinski definition) is 4. The van der Waals surface area contributed by atoms with Crippen LogP contribution in [0.5, 0.6) is 0 Å². The van der Waals surface area contributed by atoms with Crippen molar-refractivity contribution in [1.82, 2.24) is 4.98 Å². The van der Waals surface area contributed by atoms with E-state index in [1.54, 1.807) is 25.3 Å². The van der Waals surface area contributed by atoms with E-state index >= 15 is 0 Å². The third-order valence-electron chi connectivity index (χ3n) is 3.49. The van der Waals surface area contributed by atoms with Crippen LogP contribution in [-0.2, 0) is 10.3 Å². The standard InChI is InChI=1S/C15H17NO3S/c1-4-15(2,19-3)14-16-12(9-20-14)10-6-5-7-11(8-10)13(17)18/h5-9H,4H2,1-3H3,(H,17,18). The smallest absolute Gasteiger partial charge is 0.335 e. The molecular formula is C15H17NO3S. The molecule has 1 heterocycles. The topological polar surface area (TPSA) is 59.4 Å². The van der Waals surface area contributed by atoms with Gasteiger partial charge in [0, 0.05) is 18.1 Å². The number of aromatic carboxylic acids is 1. The average molecular weight is 291 g/mol. The molecule has 0 saturated heterocycles. The molecule has 1 aromatic carbocycles. The van der Waals surface area contributed by atoms with Gasteiger partial charge in [-0.15, -0.1) is 11.3 Å². The van der Waals surface area contributed by atoms with Crippen LogP contribution in [0.3, 0.4) is 0 Å². The molecular weight excluding hydrogens is 274 g/mol. The highest BCUT2D eigenvalue weighted by Crippen LogP contribution is 2.33. The van der Waals surface area contributed by atoms with Crippen molar-refractivity contribution in [3.63, 3.8) is 0 Å². The third-order valence-corrected chi connectivity index (χ3v) is 4.57. The summed E-state index contributed by atoms with van der Waals surface area (Å²) in [6, 6.07) is 6.80. The van der Waals surface area contributed by atoms with Gasteiger partial charge in [-0.05, 0) is 25.5 Å². The molecule has 1 atom stereocenters. The Kier molecular flexibility index (Phi) is 4.20. The molecule has 0 saturated carbocycles. The molecule has 0 radical (unpaired) electrons. The van der Waals surface area contributed by atoms with Crippen molar-refractivity contribution in [2.75, 3.05) is 7.11 Å². The van der Waals surface area contributed by atoms with Crippen LogP contribution in [0.2, 0.25) is 0 Å². The lowest BCUT2D eigenvalue weighted by molar-refractivity contribution is -0.00150. The number of aromatic nitrogens is 1. The van der Waals surface area contributed by atoms with E-state index in [0.29, 0.717) is 0 Å². The average Bonchev–Trinajstić information content (AvgIpc) is 2.97. The SMILES string of the molecule is CCC(C)(OC)c1nc(-c2cccc(C(=O)O)c2)cs1. The zero-order valence-corrected chi connectivity index (χ0v) is 12.5. The molecule has 0 spiro atoms. The fourth-order valence-electron chi connectivity index (χ4n) is 1.84. The number of ether oxygens (including phenoxy) is 1. The van der Waals surface area contributed by atoms with Crippen LogP contribution in [0.1, 0.15) is 35.6 Å². The zero-order valence-electron chi connectivity index (χ0n) is 11.7. The highest BCUT2D eigenvalue weighted by atomic mass is 32.1. The van der Waals surface area contributed by atoms with Crippen molar-refractivity contribution in [3.05, 3.63) is 40.2 Å². The summed E-state index contributed by atoms with van der Waals surface area (Å²) in [5.41, 5.74) is 1.46. The van der Waals surface area contributed by atoms with Gasteiger partial charge in [0.15, 0.2) is 0 Å². The van der Waals surface area contributed by atoms with E-state index in [0.717, 1.165) is 22.7 Å². The van der Waals surface area contributed by atoms with E-state index in [2.05, 4.69) is 11.9 Å². The first-order valence-corrected chi connectivity index (χ1v) is 7.23. The quantitative estimate of drug-likeness (QED) is 0.910. The first-order chi connectivity index (χ1) is 9.50. The molecule has 2 rings (SSSR count). The molecule has 20 heavy (non-hydrogen) atoms. The molecule has 2 aromatic rings. The number of hydrogen-bond donors (Lipinski definition) is 1. The summed E-state index contributed by atoms with van der Waals surface area (Å²) in [4.78, 5) is 15.6. The Labute approximate surface area is 122 Å². The minimum atomic E-state index is -0.933. The van der Waals surface area contributed by atoms with Gasteiger partial charge in [-0.25, -0.2) is 9.78 Å². The summed E-state index contributed by atoms with van der Waals surface area (Å²) in [5.74, 6) is -0.933. The van der Waals surface area contributed by atoms with Gasteiger partial charge in [-0.1, -0.05) is 19.1 Å². The molecule has 0 aliphatic carbocycles. The number of thiazole rings is 1. The Morgan fingerprint density at radius 3 is 2.85 bits per heavy atom. The van der Waals surface area contributed by atoms with Gasteiger partial charge in [0.2, 0.25) is 0 Å². The maximum absolute atomic E-state index is 11.0. The van der Waals surface area contributed by atoms with E-state index in [1.165, 1.54) is 11.3 Å². The lowest BCUT2D eigenvalue weighted by atomic mass is 10.0. The van der Waals surface area contributed by atoms with E-state index in [1.807, 2.05) is 18.4 Å². The minimum Gasteiger partial charge on any atom is -0.478 e. The third kappa shape index (κ3) is 2.73. The van der Waals surface area contributed by atoms with E-state index in [9.17, 15) is 4.79 Å². The lowest BCUT2D eigenvalue weighted by Crippen LogP contribution is -2.22. The van der Waals surface area contributed by atoms with Crippen LogP contribution in [-0.4, -0.2) is 23.2 Å². The second-order valence-electron chi connectivity index (χ2n) is 4.71. The van der Waals surface area contributed by atoms with Crippen molar-refractivity contribution >= 4 is 17.3 Å². The Bertz CT molecular complexity index is 617. The monoisotopic (exact) mass is 291 g/mol. The molecule has 5 heteroatoms. The van der Waals surface area contributed by atoms with Crippen molar-refractivity contribution < 1.29 is 14.6 Å². The van der Waals surface area contributed by atoms with Crippen LogP contribution in [0.15, 0.2) is 29.6 Å². The summed E-state index contributed by atoms with van der Waals surface area (Å²) in [5, 5.41) is 11.9. The van der Waals surface area contributed by atoms with Gasteiger partial charge in [0.05, 0.1) is 11.3 Å².